The molecule has 0 aromatic heterocycles. The molecule has 1 unspecified atom stereocenters. The molecule has 0 aliphatic carbocycles. The summed E-state index contributed by atoms with van der Waals surface area (Å²) < 4.78 is 28.7. The molecular weight excluding hydrogens is 262 g/mol. The number of alkyl halides is 2. The molecule has 0 aliphatic rings. The van der Waals surface area contributed by atoms with Crippen molar-refractivity contribution in [3.8, 4) is 5.75 Å². The predicted molar refractivity (Wildman–Crippen MR) is 63.1 cm³/mol. The highest BCUT2D eigenvalue weighted by Gasteiger charge is 2.14. The van der Waals surface area contributed by atoms with Gasteiger partial charge < -0.3 is 15.2 Å². The van der Waals surface area contributed by atoms with Crippen LogP contribution in [0.2, 0.25) is 0 Å². The van der Waals surface area contributed by atoms with Gasteiger partial charge in [-0.05, 0) is 13.0 Å². The number of hydrogen-bond donors (Lipinski definition) is 2. The summed E-state index contributed by atoms with van der Waals surface area (Å²) in [6.07, 6.45) is -0.613. The van der Waals surface area contributed by atoms with Gasteiger partial charge in [0.25, 0.3) is 5.69 Å². The van der Waals surface area contributed by atoms with E-state index in [9.17, 15) is 18.9 Å². The van der Waals surface area contributed by atoms with Crippen molar-refractivity contribution >= 4 is 5.69 Å². The van der Waals surface area contributed by atoms with Crippen molar-refractivity contribution in [2.75, 3.05) is 6.54 Å². The second-order valence-corrected chi connectivity index (χ2v) is 3.91. The number of halogens is 2. The van der Waals surface area contributed by atoms with Crippen LogP contribution < -0.4 is 10.1 Å². The fourth-order valence-corrected chi connectivity index (χ4v) is 1.44. The maximum absolute atomic E-state index is 12.2. The Hall–Kier alpha value is -1.80. The van der Waals surface area contributed by atoms with Crippen molar-refractivity contribution < 1.29 is 23.5 Å². The van der Waals surface area contributed by atoms with Crippen molar-refractivity contribution in [1.82, 2.24) is 5.32 Å². The number of nitro groups is 1. The number of nitrogens with zero attached hydrogens (tertiary/aromatic N) is 1. The van der Waals surface area contributed by atoms with Crippen LogP contribution in [0.1, 0.15) is 12.5 Å². The fraction of sp³-hybridized carbons (Fsp3) is 0.455. The van der Waals surface area contributed by atoms with Gasteiger partial charge in [0.2, 0.25) is 0 Å². The van der Waals surface area contributed by atoms with Crippen LogP contribution in [0.25, 0.3) is 0 Å². The van der Waals surface area contributed by atoms with Crippen LogP contribution in [0.4, 0.5) is 14.5 Å². The first-order valence-corrected chi connectivity index (χ1v) is 5.51. The zero-order valence-corrected chi connectivity index (χ0v) is 10.2. The molecule has 0 fully saturated rings. The van der Waals surface area contributed by atoms with Crippen LogP contribution >= 0.6 is 0 Å². The third-order valence-electron chi connectivity index (χ3n) is 2.23. The Labute approximate surface area is 108 Å². The number of nitrogens with one attached hydrogen (secondary N) is 1. The second kappa shape index (κ2) is 6.95. The van der Waals surface area contributed by atoms with Gasteiger partial charge in [-0.1, -0.05) is 0 Å². The molecule has 1 aromatic carbocycles. The number of nitro benzene ring substituents is 1. The van der Waals surface area contributed by atoms with E-state index in [0.29, 0.717) is 0 Å². The van der Waals surface area contributed by atoms with E-state index in [-0.39, 0.29) is 30.1 Å². The third-order valence-corrected chi connectivity index (χ3v) is 2.23. The quantitative estimate of drug-likeness (QED) is 0.584. The van der Waals surface area contributed by atoms with Gasteiger partial charge >= 0.3 is 6.61 Å². The molecule has 0 heterocycles. The Balaban J connectivity index is 2.87. The van der Waals surface area contributed by atoms with E-state index in [0.717, 1.165) is 18.2 Å². The summed E-state index contributed by atoms with van der Waals surface area (Å²) in [5.74, 6) is -0.126. The van der Waals surface area contributed by atoms with Gasteiger partial charge in [-0.25, -0.2) is 0 Å². The van der Waals surface area contributed by atoms with Crippen LogP contribution in [-0.2, 0) is 6.54 Å². The molecule has 1 atom stereocenters. The molecule has 6 nitrogen and oxygen atoms in total. The molecule has 0 saturated heterocycles. The second-order valence-electron chi connectivity index (χ2n) is 3.91. The summed E-state index contributed by atoms with van der Waals surface area (Å²) in [7, 11) is 0. The summed E-state index contributed by atoms with van der Waals surface area (Å²) in [5.41, 5.74) is 0.0191. The third kappa shape index (κ3) is 5.14. The van der Waals surface area contributed by atoms with Crippen LogP contribution in [-0.4, -0.2) is 29.3 Å². The lowest BCUT2D eigenvalue weighted by atomic mass is 10.1. The van der Waals surface area contributed by atoms with Crippen LogP contribution in [0, 0.1) is 10.1 Å². The van der Waals surface area contributed by atoms with Crippen molar-refractivity contribution in [3.63, 3.8) is 0 Å². The van der Waals surface area contributed by atoms with Gasteiger partial charge in [-0.15, -0.1) is 0 Å². The SMILES string of the molecule is CC(O)CNCc1cc([N+](=O)[O-])ccc1OC(F)F. The molecule has 0 saturated carbocycles. The average Bonchev–Trinajstić information content (AvgIpc) is 2.29. The van der Waals surface area contributed by atoms with Gasteiger partial charge in [-0.3, -0.25) is 10.1 Å². The highest BCUT2D eigenvalue weighted by molar-refractivity contribution is 5.43. The Bertz CT molecular complexity index is 441. The number of rotatable bonds is 7. The maximum Gasteiger partial charge on any atom is 0.387 e. The van der Waals surface area contributed by atoms with Gasteiger partial charge in [0.05, 0.1) is 11.0 Å². The number of ether oxygens (including phenoxy) is 1. The molecule has 0 radical (unpaired) electrons. The molecule has 106 valence electrons. The Morgan fingerprint density at radius 3 is 2.74 bits per heavy atom. The minimum absolute atomic E-state index is 0.0780. The highest BCUT2D eigenvalue weighted by Crippen LogP contribution is 2.25. The first kappa shape index (κ1) is 15.3. The van der Waals surface area contributed by atoms with Gasteiger partial charge in [0.15, 0.2) is 0 Å². The maximum atomic E-state index is 12.2. The summed E-state index contributed by atoms with van der Waals surface area (Å²) >= 11 is 0. The van der Waals surface area contributed by atoms with E-state index in [1.165, 1.54) is 0 Å². The predicted octanol–water partition coefficient (Wildman–Crippen LogP) is 1.67. The number of non-ortho nitro benzene ring substituents is 1. The lowest BCUT2D eigenvalue weighted by Gasteiger charge is -2.12. The van der Waals surface area contributed by atoms with E-state index in [1.807, 2.05) is 0 Å². The minimum atomic E-state index is -3.00. The number of aliphatic hydroxyl groups is 1. The van der Waals surface area contributed by atoms with Crippen molar-refractivity contribution in [2.45, 2.75) is 26.2 Å². The summed E-state index contributed by atoms with van der Waals surface area (Å²) in [6, 6.07) is 3.38. The topological polar surface area (TPSA) is 84.6 Å². The first-order valence-electron chi connectivity index (χ1n) is 5.51. The van der Waals surface area contributed by atoms with Gasteiger partial charge in [0.1, 0.15) is 5.75 Å². The summed E-state index contributed by atoms with van der Waals surface area (Å²) in [6.45, 7) is -1.14. The molecule has 2 N–H and O–H groups in total. The van der Waals surface area contributed by atoms with E-state index in [2.05, 4.69) is 10.1 Å². The fourth-order valence-electron chi connectivity index (χ4n) is 1.44. The largest absolute Gasteiger partial charge is 0.434 e. The van der Waals surface area contributed by atoms with Crippen molar-refractivity contribution in [3.05, 3.63) is 33.9 Å². The molecule has 0 amide bonds. The molecule has 0 aliphatic heterocycles. The van der Waals surface area contributed by atoms with E-state index in [4.69, 9.17) is 5.11 Å². The molecular formula is C11H14F2N2O4. The highest BCUT2D eigenvalue weighted by atomic mass is 19.3. The van der Waals surface area contributed by atoms with Gasteiger partial charge in [0, 0.05) is 30.8 Å². The Kier molecular flexibility index (Phi) is 5.58. The Morgan fingerprint density at radius 2 is 2.21 bits per heavy atom. The normalized spacial score (nSPS) is 12.5. The van der Waals surface area contributed by atoms with E-state index in [1.54, 1.807) is 6.92 Å². The van der Waals surface area contributed by atoms with Crippen LogP contribution in [0.15, 0.2) is 18.2 Å². The monoisotopic (exact) mass is 276 g/mol. The van der Waals surface area contributed by atoms with E-state index >= 15 is 0 Å². The molecule has 8 heteroatoms. The first-order chi connectivity index (χ1) is 8.90. The molecule has 19 heavy (non-hydrogen) atoms. The lowest BCUT2D eigenvalue weighted by Crippen LogP contribution is -2.24. The number of aliphatic hydroxyl groups excluding tert-OH is 1. The zero-order valence-electron chi connectivity index (χ0n) is 10.2. The van der Waals surface area contributed by atoms with Crippen LogP contribution in [0.5, 0.6) is 5.75 Å². The zero-order chi connectivity index (χ0) is 14.4. The number of benzene rings is 1. The van der Waals surface area contributed by atoms with Gasteiger partial charge in [-0.2, -0.15) is 8.78 Å². The smallest absolute Gasteiger partial charge is 0.387 e. The standard InChI is InChI=1S/C11H14F2N2O4/c1-7(16)5-14-6-8-4-9(15(17)18)2-3-10(8)19-11(12)13/h2-4,7,11,14,16H,5-6H2,1H3. The number of hydrogen-bond acceptors (Lipinski definition) is 5. The minimum Gasteiger partial charge on any atom is -0.434 e. The van der Waals surface area contributed by atoms with Crippen molar-refractivity contribution in [1.29, 1.82) is 0 Å². The molecule has 0 spiro atoms. The summed E-state index contributed by atoms with van der Waals surface area (Å²) in [4.78, 5) is 10.0. The average molecular weight is 276 g/mol. The molecule has 1 aromatic rings. The lowest BCUT2D eigenvalue weighted by molar-refractivity contribution is -0.385. The van der Waals surface area contributed by atoms with Crippen LogP contribution in [0.3, 0.4) is 0 Å². The molecule has 0 bridgehead atoms. The van der Waals surface area contributed by atoms with E-state index < -0.39 is 17.6 Å². The Morgan fingerprint density at radius 1 is 1.53 bits per heavy atom. The summed E-state index contributed by atoms with van der Waals surface area (Å²) in [5, 5.41) is 22.5. The van der Waals surface area contributed by atoms with Crippen molar-refractivity contribution in [2.24, 2.45) is 0 Å². The molecule has 1 rings (SSSR count).